The van der Waals surface area contributed by atoms with E-state index in [1.807, 2.05) is 13.1 Å². The van der Waals surface area contributed by atoms with E-state index in [-0.39, 0.29) is 11.9 Å². The van der Waals surface area contributed by atoms with E-state index in [1.165, 1.54) is 6.07 Å². The highest BCUT2D eigenvalue weighted by Crippen LogP contribution is 2.17. The highest BCUT2D eigenvalue weighted by Gasteiger charge is 2.08. The van der Waals surface area contributed by atoms with E-state index >= 15 is 0 Å². The van der Waals surface area contributed by atoms with Crippen molar-refractivity contribution in [3.63, 3.8) is 0 Å². The predicted octanol–water partition coefficient (Wildman–Crippen LogP) is 2.76. The summed E-state index contributed by atoms with van der Waals surface area (Å²) in [6.07, 6.45) is 1.57. The van der Waals surface area contributed by atoms with Crippen LogP contribution in [0.25, 0.3) is 0 Å². The first-order valence-corrected chi connectivity index (χ1v) is 6.06. The monoisotopic (exact) mass is 289 g/mol. The average Bonchev–Trinajstić information content (AvgIpc) is 2.28. The van der Waals surface area contributed by atoms with Crippen molar-refractivity contribution in [2.45, 2.75) is 18.9 Å². The Morgan fingerprint density at radius 1 is 1.50 bits per heavy atom. The number of rotatable bonds is 6. The highest BCUT2D eigenvalue weighted by atomic mass is 79.9. The lowest BCUT2D eigenvalue weighted by molar-refractivity contribution is 0.166. The lowest BCUT2D eigenvalue weighted by atomic mass is 10.1. The minimum atomic E-state index is -0.143. The second-order valence-corrected chi connectivity index (χ2v) is 4.63. The molecule has 90 valence electrons. The van der Waals surface area contributed by atoms with Gasteiger partial charge in [-0.2, -0.15) is 0 Å². The summed E-state index contributed by atoms with van der Waals surface area (Å²) in [6, 6.07) is 5.30. The van der Waals surface area contributed by atoms with E-state index in [4.69, 9.17) is 4.74 Å². The lowest BCUT2D eigenvalue weighted by Crippen LogP contribution is -2.30. The summed E-state index contributed by atoms with van der Waals surface area (Å²) in [6.45, 7) is 0.645. The summed E-state index contributed by atoms with van der Waals surface area (Å²) in [7, 11) is 3.56. The molecule has 1 N–H and O–H groups in total. The molecule has 0 aliphatic carbocycles. The Kier molecular flexibility index (Phi) is 5.95. The smallest absolute Gasteiger partial charge is 0.126 e. The van der Waals surface area contributed by atoms with Gasteiger partial charge in [0.1, 0.15) is 5.82 Å². The van der Waals surface area contributed by atoms with Crippen molar-refractivity contribution < 1.29 is 9.13 Å². The highest BCUT2D eigenvalue weighted by molar-refractivity contribution is 9.10. The number of ether oxygens (including phenoxy) is 1. The first kappa shape index (κ1) is 13.6. The van der Waals surface area contributed by atoms with Crippen molar-refractivity contribution in [2.24, 2.45) is 0 Å². The fourth-order valence-electron chi connectivity index (χ4n) is 1.58. The minimum Gasteiger partial charge on any atom is -0.383 e. The van der Waals surface area contributed by atoms with Crippen molar-refractivity contribution >= 4 is 15.9 Å². The zero-order valence-electron chi connectivity index (χ0n) is 9.59. The number of likely N-dealkylation sites (N-methyl/N-ethyl adjacent to an activating group) is 1. The molecule has 0 spiro atoms. The number of halogens is 2. The second kappa shape index (κ2) is 6.99. The fourth-order valence-corrected chi connectivity index (χ4v) is 1.99. The molecule has 16 heavy (non-hydrogen) atoms. The first-order chi connectivity index (χ1) is 7.67. The zero-order chi connectivity index (χ0) is 12.0. The van der Waals surface area contributed by atoms with Crippen LogP contribution < -0.4 is 5.32 Å². The van der Waals surface area contributed by atoms with E-state index in [1.54, 1.807) is 13.2 Å². The number of hydrogen-bond acceptors (Lipinski definition) is 2. The van der Waals surface area contributed by atoms with Crippen LogP contribution in [0.2, 0.25) is 0 Å². The van der Waals surface area contributed by atoms with Gasteiger partial charge in [-0.3, -0.25) is 0 Å². The molecule has 0 amide bonds. The Morgan fingerprint density at radius 3 is 2.88 bits per heavy atom. The summed E-state index contributed by atoms with van der Waals surface area (Å²) in [5, 5.41) is 3.15. The molecule has 1 unspecified atom stereocenters. The van der Waals surface area contributed by atoms with Gasteiger partial charge in [-0.25, -0.2) is 4.39 Å². The molecule has 4 heteroatoms. The van der Waals surface area contributed by atoms with E-state index in [9.17, 15) is 4.39 Å². The molecule has 0 saturated carbocycles. The molecule has 0 heterocycles. The van der Waals surface area contributed by atoms with Crippen LogP contribution in [0.1, 0.15) is 12.0 Å². The summed E-state index contributed by atoms with van der Waals surface area (Å²) in [5.74, 6) is -0.143. The topological polar surface area (TPSA) is 21.3 Å². The number of aryl methyl sites for hydroxylation is 1. The summed E-state index contributed by atoms with van der Waals surface area (Å²) < 4.78 is 19.4. The molecule has 1 aromatic carbocycles. The van der Waals surface area contributed by atoms with Crippen LogP contribution in [0, 0.1) is 5.82 Å². The van der Waals surface area contributed by atoms with Gasteiger partial charge < -0.3 is 10.1 Å². The van der Waals surface area contributed by atoms with Crippen LogP contribution in [0.5, 0.6) is 0 Å². The van der Waals surface area contributed by atoms with Crippen LogP contribution in [0.4, 0.5) is 4.39 Å². The molecule has 0 aliphatic rings. The van der Waals surface area contributed by atoms with Gasteiger partial charge in [0.2, 0.25) is 0 Å². The van der Waals surface area contributed by atoms with E-state index in [0.717, 1.165) is 16.5 Å². The van der Waals surface area contributed by atoms with Crippen LogP contribution in [0.15, 0.2) is 22.7 Å². The molecule has 0 bridgehead atoms. The lowest BCUT2D eigenvalue weighted by Gasteiger charge is -2.15. The molecule has 0 fully saturated rings. The van der Waals surface area contributed by atoms with Crippen molar-refractivity contribution in [3.05, 3.63) is 34.1 Å². The summed E-state index contributed by atoms with van der Waals surface area (Å²) in [4.78, 5) is 0. The van der Waals surface area contributed by atoms with Crippen LogP contribution in [-0.2, 0) is 11.2 Å². The third kappa shape index (κ3) is 4.20. The molecule has 0 aliphatic heterocycles. The van der Waals surface area contributed by atoms with Crippen LogP contribution >= 0.6 is 15.9 Å². The first-order valence-electron chi connectivity index (χ1n) is 5.27. The van der Waals surface area contributed by atoms with Crippen molar-refractivity contribution in [1.82, 2.24) is 5.32 Å². The number of methoxy groups -OCH3 is 1. The standard InChI is InChI=1S/C12H17BrFNO/c1-15-11(8-16-2)5-3-9-7-10(13)4-6-12(9)14/h4,6-7,11,15H,3,5,8H2,1-2H3. The van der Waals surface area contributed by atoms with Gasteiger partial charge in [-0.15, -0.1) is 0 Å². The molecular weight excluding hydrogens is 273 g/mol. The van der Waals surface area contributed by atoms with Gasteiger partial charge >= 0.3 is 0 Å². The predicted molar refractivity (Wildman–Crippen MR) is 67.1 cm³/mol. The molecule has 1 aromatic rings. The Bertz CT molecular complexity index is 333. The summed E-state index contributed by atoms with van der Waals surface area (Å²) >= 11 is 3.34. The van der Waals surface area contributed by atoms with E-state index in [0.29, 0.717) is 13.0 Å². The zero-order valence-corrected chi connectivity index (χ0v) is 11.2. The average molecular weight is 290 g/mol. The normalized spacial score (nSPS) is 12.8. The van der Waals surface area contributed by atoms with E-state index in [2.05, 4.69) is 21.2 Å². The van der Waals surface area contributed by atoms with Gasteiger partial charge in [0.05, 0.1) is 6.61 Å². The largest absolute Gasteiger partial charge is 0.383 e. The van der Waals surface area contributed by atoms with Gasteiger partial charge in [0, 0.05) is 17.6 Å². The molecular formula is C12H17BrFNO. The second-order valence-electron chi connectivity index (χ2n) is 3.72. The van der Waals surface area contributed by atoms with Crippen molar-refractivity contribution in [3.8, 4) is 0 Å². The Labute approximate surface area is 104 Å². The maximum absolute atomic E-state index is 13.4. The molecule has 0 aromatic heterocycles. The van der Waals surface area contributed by atoms with Gasteiger partial charge in [0.25, 0.3) is 0 Å². The molecule has 1 atom stereocenters. The van der Waals surface area contributed by atoms with Crippen molar-refractivity contribution in [2.75, 3.05) is 20.8 Å². The number of hydrogen-bond donors (Lipinski definition) is 1. The Balaban J connectivity index is 2.55. The molecule has 0 saturated heterocycles. The Hall–Kier alpha value is -0.450. The van der Waals surface area contributed by atoms with Crippen molar-refractivity contribution in [1.29, 1.82) is 0 Å². The maximum Gasteiger partial charge on any atom is 0.126 e. The van der Waals surface area contributed by atoms with Crippen LogP contribution in [0.3, 0.4) is 0 Å². The van der Waals surface area contributed by atoms with E-state index < -0.39 is 0 Å². The Morgan fingerprint density at radius 2 is 2.25 bits per heavy atom. The number of benzene rings is 1. The molecule has 2 nitrogen and oxygen atoms in total. The third-order valence-electron chi connectivity index (χ3n) is 2.55. The SMILES string of the molecule is CNC(CCc1cc(Br)ccc1F)COC. The van der Waals surface area contributed by atoms with Crippen LogP contribution in [-0.4, -0.2) is 26.8 Å². The maximum atomic E-state index is 13.4. The minimum absolute atomic E-state index is 0.143. The summed E-state index contributed by atoms with van der Waals surface area (Å²) in [5.41, 5.74) is 0.741. The quantitative estimate of drug-likeness (QED) is 0.870. The third-order valence-corrected chi connectivity index (χ3v) is 3.04. The van der Waals surface area contributed by atoms with Gasteiger partial charge in [-0.05, 0) is 43.7 Å². The molecule has 0 radical (unpaired) electrons. The van der Waals surface area contributed by atoms with Gasteiger partial charge in [-0.1, -0.05) is 15.9 Å². The molecule has 1 rings (SSSR count). The number of nitrogens with one attached hydrogen (secondary N) is 1. The fraction of sp³-hybridized carbons (Fsp3) is 0.500. The van der Waals surface area contributed by atoms with Gasteiger partial charge in [0.15, 0.2) is 0 Å².